The van der Waals surface area contributed by atoms with E-state index in [4.69, 9.17) is 0 Å². The third-order valence-corrected chi connectivity index (χ3v) is 3.26. The summed E-state index contributed by atoms with van der Waals surface area (Å²) < 4.78 is 38.3. The van der Waals surface area contributed by atoms with Gasteiger partial charge < -0.3 is 0 Å². The largest absolute Gasteiger partial charge is 0.416 e. The Morgan fingerprint density at radius 1 is 1.22 bits per heavy atom. The highest BCUT2D eigenvalue weighted by atomic mass is 19.4. The van der Waals surface area contributed by atoms with E-state index in [1.54, 1.807) is 24.4 Å². The number of hydrogen-bond acceptors (Lipinski definition) is 6. The van der Waals surface area contributed by atoms with Crippen LogP contribution in [0.5, 0.6) is 0 Å². The molecule has 3 rings (SSSR count). The molecule has 3 aromatic rings. The van der Waals surface area contributed by atoms with E-state index in [2.05, 4.69) is 30.9 Å². The topological polar surface area (TPSA) is 98.0 Å². The number of carbonyl (C=O) groups is 1. The molecule has 27 heavy (non-hydrogen) atoms. The van der Waals surface area contributed by atoms with Gasteiger partial charge in [-0.2, -0.15) is 23.1 Å². The van der Waals surface area contributed by atoms with Gasteiger partial charge in [-0.3, -0.25) is 9.78 Å². The van der Waals surface area contributed by atoms with Crippen molar-refractivity contribution < 1.29 is 18.0 Å². The van der Waals surface area contributed by atoms with Gasteiger partial charge in [0.2, 0.25) is 5.82 Å². The first-order valence-corrected chi connectivity index (χ1v) is 7.60. The molecule has 0 aliphatic carbocycles. The summed E-state index contributed by atoms with van der Waals surface area (Å²) in [5.41, 5.74) is 2.15. The van der Waals surface area contributed by atoms with Crippen molar-refractivity contribution >= 4 is 12.1 Å². The Morgan fingerprint density at radius 2 is 2.07 bits per heavy atom. The normalized spacial score (nSPS) is 11.7. The first kappa shape index (κ1) is 18.2. The van der Waals surface area contributed by atoms with E-state index in [-0.39, 0.29) is 17.9 Å². The molecule has 0 radical (unpaired) electrons. The molecule has 0 saturated heterocycles. The minimum atomic E-state index is -4.47. The van der Waals surface area contributed by atoms with Crippen molar-refractivity contribution in [2.75, 3.05) is 0 Å². The Kier molecular flexibility index (Phi) is 5.20. The van der Waals surface area contributed by atoms with Gasteiger partial charge in [0.1, 0.15) is 6.54 Å². The van der Waals surface area contributed by atoms with Crippen LogP contribution >= 0.6 is 0 Å². The molecule has 0 fully saturated rings. The number of pyridine rings is 1. The van der Waals surface area contributed by atoms with Crippen LogP contribution in [0.4, 0.5) is 13.2 Å². The SMILES string of the molecule is O=C(Cn1nnc(-c2cccc(C(F)(F)F)c2)n1)N/N=C\c1ccccn1. The van der Waals surface area contributed by atoms with E-state index in [0.717, 1.165) is 16.9 Å². The fourth-order valence-electron chi connectivity index (χ4n) is 2.05. The molecule has 1 amide bonds. The van der Waals surface area contributed by atoms with Crippen LogP contribution < -0.4 is 5.43 Å². The van der Waals surface area contributed by atoms with Crippen molar-refractivity contribution in [2.45, 2.75) is 12.7 Å². The molecule has 0 spiro atoms. The van der Waals surface area contributed by atoms with Gasteiger partial charge in [-0.05, 0) is 29.5 Å². The van der Waals surface area contributed by atoms with Crippen LogP contribution in [0.25, 0.3) is 11.4 Å². The first-order chi connectivity index (χ1) is 12.9. The number of rotatable bonds is 5. The zero-order chi connectivity index (χ0) is 19.3. The average molecular weight is 375 g/mol. The third kappa shape index (κ3) is 4.93. The van der Waals surface area contributed by atoms with E-state index in [1.807, 2.05) is 0 Å². The summed E-state index contributed by atoms with van der Waals surface area (Å²) >= 11 is 0. The summed E-state index contributed by atoms with van der Waals surface area (Å²) in [5.74, 6) is -0.555. The minimum absolute atomic E-state index is 0.0223. The minimum Gasteiger partial charge on any atom is -0.271 e. The molecule has 138 valence electrons. The predicted molar refractivity (Wildman–Crippen MR) is 88.2 cm³/mol. The third-order valence-electron chi connectivity index (χ3n) is 3.26. The van der Waals surface area contributed by atoms with Crippen molar-refractivity contribution in [3.05, 3.63) is 59.9 Å². The van der Waals surface area contributed by atoms with Crippen LogP contribution in [-0.2, 0) is 17.5 Å². The molecular weight excluding hydrogens is 363 g/mol. The number of nitrogens with one attached hydrogen (secondary N) is 1. The number of alkyl halides is 3. The van der Waals surface area contributed by atoms with Gasteiger partial charge >= 0.3 is 6.18 Å². The Morgan fingerprint density at radius 3 is 2.81 bits per heavy atom. The fourth-order valence-corrected chi connectivity index (χ4v) is 2.05. The highest BCUT2D eigenvalue weighted by Gasteiger charge is 2.30. The maximum Gasteiger partial charge on any atom is 0.416 e. The molecule has 1 N–H and O–H groups in total. The summed E-state index contributed by atoms with van der Waals surface area (Å²) in [7, 11) is 0. The van der Waals surface area contributed by atoms with Crippen molar-refractivity contribution in [1.82, 2.24) is 30.6 Å². The summed E-state index contributed by atoms with van der Waals surface area (Å²) in [6.07, 6.45) is -1.53. The molecule has 2 heterocycles. The lowest BCUT2D eigenvalue weighted by molar-refractivity contribution is -0.137. The fraction of sp³-hybridized carbons (Fsp3) is 0.125. The molecule has 0 aliphatic rings. The maximum absolute atomic E-state index is 12.8. The van der Waals surface area contributed by atoms with Crippen molar-refractivity contribution in [2.24, 2.45) is 5.10 Å². The van der Waals surface area contributed by atoms with E-state index in [9.17, 15) is 18.0 Å². The van der Waals surface area contributed by atoms with E-state index >= 15 is 0 Å². The van der Waals surface area contributed by atoms with Gasteiger partial charge in [-0.25, -0.2) is 5.43 Å². The van der Waals surface area contributed by atoms with Gasteiger partial charge in [-0.1, -0.05) is 18.2 Å². The Labute approximate surface area is 150 Å². The van der Waals surface area contributed by atoms with Gasteiger partial charge in [0.25, 0.3) is 5.91 Å². The smallest absolute Gasteiger partial charge is 0.271 e. The summed E-state index contributed by atoms with van der Waals surface area (Å²) in [5, 5.41) is 15.0. The molecule has 8 nitrogen and oxygen atoms in total. The summed E-state index contributed by atoms with van der Waals surface area (Å²) in [6, 6.07) is 9.75. The second kappa shape index (κ2) is 7.72. The van der Waals surface area contributed by atoms with Gasteiger partial charge in [0.15, 0.2) is 0 Å². The lowest BCUT2D eigenvalue weighted by Gasteiger charge is -2.06. The number of benzene rings is 1. The molecule has 0 saturated carbocycles. The van der Waals surface area contributed by atoms with Crippen molar-refractivity contribution in [1.29, 1.82) is 0 Å². The molecule has 2 aromatic heterocycles. The zero-order valence-corrected chi connectivity index (χ0v) is 13.6. The van der Waals surface area contributed by atoms with Crippen molar-refractivity contribution in [3.63, 3.8) is 0 Å². The van der Waals surface area contributed by atoms with E-state index < -0.39 is 17.6 Å². The Hall–Kier alpha value is -3.63. The first-order valence-electron chi connectivity index (χ1n) is 7.60. The van der Waals surface area contributed by atoms with Gasteiger partial charge in [0, 0.05) is 11.8 Å². The van der Waals surface area contributed by atoms with Crippen LogP contribution in [0, 0.1) is 0 Å². The number of hydrazone groups is 1. The quantitative estimate of drug-likeness (QED) is 0.543. The Bertz CT molecular complexity index is 954. The maximum atomic E-state index is 12.8. The lowest BCUT2D eigenvalue weighted by Crippen LogP contribution is -2.24. The van der Waals surface area contributed by atoms with Crippen LogP contribution in [0.15, 0.2) is 53.8 Å². The number of aromatic nitrogens is 5. The number of carbonyl (C=O) groups excluding carboxylic acids is 1. The number of hydrogen-bond donors (Lipinski definition) is 1. The van der Waals surface area contributed by atoms with Crippen LogP contribution in [-0.4, -0.2) is 37.3 Å². The molecule has 0 atom stereocenters. The molecule has 0 aliphatic heterocycles. The monoisotopic (exact) mass is 375 g/mol. The molecule has 0 bridgehead atoms. The van der Waals surface area contributed by atoms with Gasteiger partial charge in [-0.15, -0.1) is 10.2 Å². The van der Waals surface area contributed by atoms with Crippen LogP contribution in [0.3, 0.4) is 0 Å². The highest BCUT2D eigenvalue weighted by Crippen LogP contribution is 2.31. The summed E-state index contributed by atoms with van der Waals surface area (Å²) in [4.78, 5) is 16.8. The number of halogens is 3. The molecule has 1 aromatic carbocycles. The van der Waals surface area contributed by atoms with E-state index in [1.165, 1.54) is 18.3 Å². The van der Waals surface area contributed by atoms with Crippen LogP contribution in [0.2, 0.25) is 0 Å². The zero-order valence-electron chi connectivity index (χ0n) is 13.6. The number of nitrogens with zero attached hydrogens (tertiary/aromatic N) is 6. The number of amides is 1. The van der Waals surface area contributed by atoms with E-state index in [0.29, 0.717) is 5.69 Å². The second-order valence-corrected chi connectivity index (χ2v) is 5.27. The standard InChI is InChI=1S/C16H12F3N7O/c17-16(18,19)12-5-3-4-11(8-12)15-23-25-26(24-15)10-14(27)22-21-9-13-6-1-2-7-20-13/h1-9H,10H2,(H,22,27)/b21-9-. The average Bonchev–Trinajstić information content (AvgIpc) is 3.10. The molecular formula is C16H12F3N7O. The molecule has 11 heteroatoms. The Balaban J connectivity index is 1.62. The second-order valence-electron chi connectivity index (χ2n) is 5.27. The van der Waals surface area contributed by atoms with Crippen molar-refractivity contribution in [3.8, 4) is 11.4 Å². The number of tetrazole rings is 1. The highest BCUT2D eigenvalue weighted by molar-refractivity contribution is 5.80. The van der Waals surface area contributed by atoms with Gasteiger partial charge in [0.05, 0.1) is 17.5 Å². The lowest BCUT2D eigenvalue weighted by atomic mass is 10.1. The molecule has 0 unspecified atom stereocenters. The predicted octanol–water partition coefficient (Wildman–Crippen LogP) is 1.90. The summed E-state index contributed by atoms with van der Waals surface area (Å²) in [6.45, 7) is -0.300. The van der Waals surface area contributed by atoms with Crippen LogP contribution in [0.1, 0.15) is 11.3 Å².